The van der Waals surface area contributed by atoms with Crippen molar-refractivity contribution in [1.29, 1.82) is 0 Å². The second kappa shape index (κ2) is 8.83. The molecule has 0 aliphatic rings. The molecule has 23 heavy (non-hydrogen) atoms. The van der Waals surface area contributed by atoms with E-state index < -0.39 is 0 Å². The molecule has 0 saturated heterocycles. The van der Waals surface area contributed by atoms with Crippen molar-refractivity contribution >= 4 is 5.91 Å². The van der Waals surface area contributed by atoms with Gasteiger partial charge in [-0.15, -0.1) is 0 Å². The van der Waals surface area contributed by atoms with Gasteiger partial charge in [-0.25, -0.2) is 0 Å². The van der Waals surface area contributed by atoms with E-state index >= 15 is 0 Å². The highest BCUT2D eigenvalue weighted by Gasteiger charge is 2.04. The molecule has 0 saturated carbocycles. The van der Waals surface area contributed by atoms with Crippen molar-refractivity contribution in [2.24, 2.45) is 0 Å². The maximum atomic E-state index is 11.8. The van der Waals surface area contributed by atoms with Gasteiger partial charge in [0, 0.05) is 6.54 Å². The molecule has 2 aromatic rings. The van der Waals surface area contributed by atoms with Crippen molar-refractivity contribution in [1.82, 2.24) is 5.32 Å². The molecule has 0 heterocycles. The van der Waals surface area contributed by atoms with Crippen molar-refractivity contribution in [2.75, 3.05) is 20.3 Å². The Hall–Kier alpha value is -2.49. The molecular weight excluding hydrogens is 290 g/mol. The first kappa shape index (κ1) is 16.9. The lowest BCUT2D eigenvalue weighted by Gasteiger charge is -2.09. The van der Waals surface area contributed by atoms with Crippen molar-refractivity contribution < 1.29 is 14.3 Å². The van der Waals surface area contributed by atoms with Gasteiger partial charge in [-0.2, -0.15) is 0 Å². The van der Waals surface area contributed by atoms with Crippen LogP contribution in [0.1, 0.15) is 17.5 Å². The molecule has 0 aliphatic carbocycles. The van der Waals surface area contributed by atoms with Gasteiger partial charge in [-0.1, -0.05) is 30.3 Å². The predicted octanol–water partition coefficient (Wildman–Crippen LogP) is 3.13. The summed E-state index contributed by atoms with van der Waals surface area (Å²) in [4.78, 5) is 11.8. The third kappa shape index (κ3) is 5.66. The molecule has 0 aliphatic heterocycles. The van der Waals surface area contributed by atoms with Crippen LogP contribution in [0.15, 0.2) is 48.5 Å². The third-order valence-corrected chi connectivity index (χ3v) is 3.50. The molecule has 4 nitrogen and oxygen atoms in total. The SMILES string of the molecule is COc1ccccc1CCCNC(=O)COc1cccc(C)c1. The molecule has 0 fully saturated rings. The van der Waals surface area contributed by atoms with Crippen molar-refractivity contribution in [3.8, 4) is 11.5 Å². The van der Waals surface area contributed by atoms with Gasteiger partial charge in [0.15, 0.2) is 6.61 Å². The fourth-order valence-electron chi connectivity index (χ4n) is 2.32. The number of hydrogen-bond donors (Lipinski definition) is 1. The van der Waals surface area contributed by atoms with Gasteiger partial charge in [0.1, 0.15) is 11.5 Å². The van der Waals surface area contributed by atoms with Gasteiger partial charge in [0.2, 0.25) is 0 Å². The van der Waals surface area contributed by atoms with E-state index in [1.807, 2.05) is 55.5 Å². The van der Waals surface area contributed by atoms with E-state index in [0.717, 1.165) is 29.7 Å². The Morgan fingerprint density at radius 2 is 1.96 bits per heavy atom. The Morgan fingerprint density at radius 3 is 2.74 bits per heavy atom. The molecule has 1 amide bonds. The van der Waals surface area contributed by atoms with Gasteiger partial charge in [0.25, 0.3) is 5.91 Å². The normalized spacial score (nSPS) is 10.2. The first-order valence-electron chi connectivity index (χ1n) is 7.77. The number of aryl methyl sites for hydroxylation is 2. The Kier molecular flexibility index (Phi) is 6.48. The molecule has 0 unspecified atom stereocenters. The summed E-state index contributed by atoms with van der Waals surface area (Å²) in [5.41, 5.74) is 2.26. The summed E-state index contributed by atoms with van der Waals surface area (Å²) in [6, 6.07) is 15.6. The lowest BCUT2D eigenvalue weighted by molar-refractivity contribution is -0.123. The van der Waals surface area contributed by atoms with Crippen LogP contribution in [0.25, 0.3) is 0 Å². The highest BCUT2D eigenvalue weighted by molar-refractivity contribution is 5.77. The molecule has 2 aromatic carbocycles. The Bertz CT molecular complexity index is 640. The first-order chi connectivity index (χ1) is 11.2. The molecule has 0 radical (unpaired) electrons. The van der Waals surface area contributed by atoms with Crippen molar-refractivity contribution in [3.63, 3.8) is 0 Å². The molecule has 122 valence electrons. The average Bonchev–Trinajstić information content (AvgIpc) is 2.57. The molecule has 0 atom stereocenters. The number of ether oxygens (including phenoxy) is 2. The summed E-state index contributed by atoms with van der Waals surface area (Å²) >= 11 is 0. The van der Waals surface area contributed by atoms with Crippen LogP contribution in [0, 0.1) is 6.92 Å². The largest absolute Gasteiger partial charge is 0.496 e. The fraction of sp³-hybridized carbons (Fsp3) is 0.316. The quantitative estimate of drug-likeness (QED) is 0.762. The number of amides is 1. The fourth-order valence-corrected chi connectivity index (χ4v) is 2.32. The Labute approximate surface area is 137 Å². The maximum absolute atomic E-state index is 11.8. The summed E-state index contributed by atoms with van der Waals surface area (Å²) < 4.78 is 10.8. The van der Waals surface area contributed by atoms with Gasteiger partial charge < -0.3 is 14.8 Å². The van der Waals surface area contributed by atoms with Gasteiger partial charge >= 0.3 is 0 Å². The molecule has 0 spiro atoms. The highest BCUT2D eigenvalue weighted by Crippen LogP contribution is 2.18. The van der Waals surface area contributed by atoms with E-state index in [9.17, 15) is 4.79 Å². The van der Waals surface area contributed by atoms with Crippen LogP contribution < -0.4 is 14.8 Å². The molecule has 0 aromatic heterocycles. The lowest BCUT2D eigenvalue weighted by Crippen LogP contribution is -2.29. The average molecular weight is 313 g/mol. The van der Waals surface area contributed by atoms with E-state index in [1.165, 1.54) is 0 Å². The number of benzene rings is 2. The second-order valence-electron chi connectivity index (χ2n) is 5.37. The minimum atomic E-state index is -0.105. The van der Waals surface area contributed by atoms with Gasteiger partial charge in [-0.05, 0) is 49.1 Å². The number of para-hydroxylation sites is 1. The number of carbonyl (C=O) groups excluding carboxylic acids is 1. The molecular formula is C19H23NO3. The lowest BCUT2D eigenvalue weighted by atomic mass is 10.1. The first-order valence-corrected chi connectivity index (χ1v) is 7.77. The molecule has 0 bridgehead atoms. The number of carbonyl (C=O) groups is 1. The van der Waals surface area contributed by atoms with Crippen LogP contribution >= 0.6 is 0 Å². The molecule has 2 rings (SSSR count). The maximum Gasteiger partial charge on any atom is 0.257 e. The monoisotopic (exact) mass is 313 g/mol. The smallest absolute Gasteiger partial charge is 0.257 e. The van der Waals surface area contributed by atoms with Gasteiger partial charge in [-0.3, -0.25) is 4.79 Å². The Morgan fingerprint density at radius 1 is 1.13 bits per heavy atom. The zero-order valence-corrected chi connectivity index (χ0v) is 13.7. The zero-order valence-electron chi connectivity index (χ0n) is 13.7. The minimum Gasteiger partial charge on any atom is -0.496 e. The number of nitrogens with one attached hydrogen (secondary N) is 1. The summed E-state index contributed by atoms with van der Waals surface area (Å²) in [7, 11) is 1.67. The minimum absolute atomic E-state index is 0.0398. The second-order valence-corrected chi connectivity index (χ2v) is 5.37. The van der Waals surface area contributed by atoms with Crippen LogP contribution in [0.2, 0.25) is 0 Å². The predicted molar refractivity (Wildman–Crippen MR) is 91.0 cm³/mol. The van der Waals surface area contributed by atoms with Crippen molar-refractivity contribution in [2.45, 2.75) is 19.8 Å². The summed E-state index contributed by atoms with van der Waals surface area (Å²) in [5.74, 6) is 1.50. The van der Waals surface area contributed by atoms with Crippen LogP contribution in [-0.4, -0.2) is 26.2 Å². The summed E-state index contributed by atoms with van der Waals surface area (Å²) in [6.45, 7) is 2.65. The summed E-state index contributed by atoms with van der Waals surface area (Å²) in [5, 5.41) is 2.87. The Balaban J connectivity index is 1.67. The van der Waals surface area contributed by atoms with E-state index in [-0.39, 0.29) is 12.5 Å². The van der Waals surface area contributed by atoms with Crippen LogP contribution in [-0.2, 0) is 11.2 Å². The standard InChI is InChI=1S/C19H23NO3/c1-15-7-5-10-17(13-15)23-14-19(21)20-12-6-9-16-8-3-4-11-18(16)22-2/h3-5,7-8,10-11,13H,6,9,12,14H2,1-2H3,(H,20,21). The molecule has 1 N–H and O–H groups in total. The molecule has 4 heteroatoms. The van der Waals surface area contributed by atoms with Crippen LogP contribution in [0.4, 0.5) is 0 Å². The number of hydrogen-bond acceptors (Lipinski definition) is 3. The van der Waals surface area contributed by atoms with E-state index in [2.05, 4.69) is 5.32 Å². The van der Waals surface area contributed by atoms with Crippen LogP contribution in [0.3, 0.4) is 0 Å². The topological polar surface area (TPSA) is 47.6 Å². The highest BCUT2D eigenvalue weighted by atomic mass is 16.5. The van der Waals surface area contributed by atoms with Crippen molar-refractivity contribution in [3.05, 3.63) is 59.7 Å². The van der Waals surface area contributed by atoms with E-state index in [1.54, 1.807) is 7.11 Å². The third-order valence-electron chi connectivity index (χ3n) is 3.50. The van der Waals surface area contributed by atoms with E-state index in [0.29, 0.717) is 12.3 Å². The van der Waals surface area contributed by atoms with Gasteiger partial charge in [0.05, 0.1) is 7.11 Å². The summed E-state index contributed by atoms with van der Waals surface area (Å²) in [6.07, 6.45) is 1.72. The number of methoxy groups -OCH3 is 1. The van der Waals surface area contributed by atoms with E-state index in [4.69, 9.17) is 9.47 Å². The zero-order chi connectivity index (χ0) is 16.5. The number of rotatable bonds is 8. The van der Waals surface area contributed by atoms with Crippen LogP contribution in [0.5, 0.6) is 11.5 Å².